The molecule has 0 aliphatic heterocycles. The van der Waals surface area contributed by atoms with Crippen LogP contribution in [0.5, 0.6) is 11.5 Å². The molecule has 0 atom stereocenters. The Labute approximate surface area is 203 Å². The zero-order valence-corrected chi connectivity index (χ0v) is 19.2. The van der Waals surface area contributed by atoms with Crippen molar-refractivity contribution in [2.75, 3.05) is 6.61 Å². The summed E-state index contributed by atoms with van der Waals surface area (Å²) in [5.41, 5.74) is 3.53. The Hall–Kier alpha value is -4.31. The van der Waals surface area contributed by atoms with Crippen molar-refractivity contribution in [3.8, 4) is 11.5 Å². The summed E-state index contributed by atoms with van der Waals surface area (Å²) in [5.74, 6) is -0.559. The number of amides is 1. The first-order valence-electron chi connectivity index (χ1n) is 9.84. The minimum atomic E-state index is -0.568. The van der Waals surface area contributed by atoms with Gasteiger partial charge in [-0.05, 0) is 42.0 Å². The van der Waals surface area contributed by atoms with E-state index in [-0.39, 0.29) is 18.0 Å². The molecule has 1 N–H and O–H groups in total. The number of hydrazone groups is 1. The molecule has 0 aliphatic rings. The van der Waals surface area contributed by atoms with Crippen molar-refractivity contribution in [3.05, 3.63) is 105 Å². The highest BCUT2D eigenvalue weighted by molar-refractivity contribution is 9.10. The first-order valence-corrected chi connectivity index (χ1v) is 10.6. The van der Waals surface area contributed by atoms with E-state index in [9.17, 15) is 19.7 Å². The zero-order valence-electron chi connectivity index (χ0n) is 17.6. The zero-order chi connectivity index (χ0) is 24.3. The van der Waals surface area contributed by atoms with Gasteiger partial charge in [0, 0.05) is 28.2 Å². The molecule has 0 unspecified atom stereocenters. The van der Waals surface area contributed by atoms with Gasteiger partial charge in [0.1, 0.15) is 11.5 Å². The lowest BCUT2D eigenvalue weighted by molar-refractivity contribution is -0.384. The van der Waals surface area contributed by atoms with E-state index in [1.54, 1.807) is 24.3 Å². The monoisotopic (exact) mass is 523 g/mol. The minimum absolute atomic E-state index is 0.0810. The molecule has 0 heterocycles. The molecule has 0 fully saturated rings. The Kier molecular flexibility index (Phi) is 8.64. The van der Waals surface area contributed by atoms with Crippen molar-refractivity contribution in [1.29, 1.82) is 0 Å². The highest BCUT2D eigenvalue weighted by Crippen LogP contribution is 2.22. The van der Waals surface area contributed by atoms with E-state index < -0.39 is 16.8 Å². The van der Waals surface area contributed by atoms with Gasteiger partial charge >= 0.3 is 5.97 Å². The first kappa shape index (κ1) is 24.3. The molecular weight excluding hydrogens is 506 g/mol. The number of nitrogens with one attached hydrogen (secondary N) is 1. The van der Waals surface area contributed by atoms with Crippen LogP contribution in [0.4, 0.5) is 5.69 Å². The van der Waals surface area contributed by atoms with Crippen molar-refractivity contribution in [2.24, 2.45) is 5.10 Å². The summed E-state index contributed by atoms with van der Waals surface area (Å²) in [4.78, 5) is 34.3. The molecule has 0 saturated carbocycles. The number of nitro benzene ring substituents is 1. The van der Waals surface area contributed by atoms with E-state index in [0.717, 1.165) is 10.0 Å². The summed E-state index contributed by atoms with van der Waals surface area (Å²) in [6.07, 6.45) is 4.29. The van der Waals surface area contributed by atoms with Crippen LogP contribution in [-0.2, 0) is 9.59 Å². The van der Waals surface area contributed by atoms with Gasteiger partial charge in [0.2, 0.25) is 0 Å². The second-order valence-corrected chi connectivity index (χ2v) is 7.60. The number of benzene rings is 3. The van der Waals surface area contributed by atoms with Crippen LogP contribution in [0.15, 0.2) is 88.4 Å². The topological polar surface area (TPSA) is 120 Å². The number of carbonyl (C=O) groups excluding carboxylic acids is 2. The number of nitrogens with zero attached hydrogens (tertiary/aromatic N) is 2. The number of rotatable bonds is 9. The lowest BCUT2D eigenvalue weighted by Crippen LogP contribution is -2.24. The quantitative estimate of drug-likeness (QED) is 0.110. The molecule has 1 amide bonds. The first-order chi connectivity index (χ1) is 16.4. The van der Waals surface area contributed by atoms with Crippen LogP contribution in [0.3, 0.4) is 0 Å². The Bertz CT molecular complexity index is 1230. The summed E-state index contributed by atoms with van der Waals surface area (Å²) < 4.78 is 11.4. The van der Waals surface area contributed by atoms with E-state index >= 15 is 0 Å². The Morgan fingerprint density at radius 2 is 1.79 bits per heavy atom. The van der Waals surface area contributed by atoms with Gasteiger partial charge in [0.25, 0.3) is 11.6 Å². The Morgan fingerprint density at radius 3 is 2.50 bits per heavy atom. The summed E-state index contributed by atoms with van der Waals surface area (Å²) in [6, 6.07) is 19.6. The Balaban J connectivity index is 1.55. The van der Waals surface area contributed by atoms with Crippen LogP contribution in [0.25, 0.3) is 6.08 Å². The van der Waals surface area contributed by atoms with Crippen molar-refractivity contribution < 1.29 is 24.0 Å². The van der Waals surface area contributed by atoms with E-state index in [1.165, 1.54) is 36.6 Å². The van der Waals surface area contributed by atoms with E-state index in [1.807, 2.05) is 30.3 Å². The second-order valence-electron chi connectivity index (χ2n) is 6.68. The maximum absolute atomic E-state index is 12.2. The number of hydrogen-bond donors (Lipinski definition) is 1. The van der Waals surface area contributed by atoms with Gasteiger partial charge in [-0.1, -0.05) is 46.3 Å². The molecule has 0 saturated heterocycles. The lowest BCUT2D eigenvalue weighted by Gasteiger charge is -2.07. The molecule has 34 heavy (non-hydrogen) atoms. The van der Waals surface area contributed by atoms with Crippen LogP contribution in [0.1, 0.15) is 11.1 Å². The third kappa shape index (κ3) is 7.68. The normalized spacial score (nSPS) is 10.9. The predicted molar refractivity (Wildman–Crippen MR) is 130 cm³/mol. The molecule has 0 aliphatic carbocycles. The number of esters is 1. The molecule has 3 aromatic rings. The van der Waals surface area contributed by atoms with E-state index in [0.29, 0.717) is 11.3 Å². The summed E-state index contributed by atoms with van der Waals surface area (Å²) in [7, 11) is 0. The van der Waals surface area contributed by atoms with Gasteiger partial charge in [0.05, 0.1) is 11.1 Å². The molecular formula is C24H18BrN3O6. The standard InChI is InChI=1S/C24H18BrN3O6/c25-19-7-12-22(34-24(30)13-6-17-4-2-1-3-5-17)18(14-19)15-26-27-23(29)16-33-21-10-8-20(9-11-21)28(31)32/h1-15H,16H2,(H,27,29)/b13-6+,26-15-. The van der Waals surface area contributed by atoms with Crippen LogP contribution < -0.4 is 14.9 Å². The lowest BCUT2D eigenvalue weighted by atomic mass is 10.2. The number of non-ortho nitro benzene ring substituents is 1. The van der Waals surface area contributed by atoms with Crippen LogP contribution >= 0.6 is 15.9 Å². The third-order valence-electron chi connectivity index (χ3n) is 4.20. The SMILES string of the molecule is O=C(COc1ccc([N+](=O)[O-])cc1)N/N=C\c1cc(Br)ccc1OC(=O)/C=C/c1ccccc1. The highest BCUT2D eigenvalue weighted by atomic mass is 79.9. The summed E-state index contributed by atoms with van der Waals surface area (Å²) in [5, 5.41) is 14.5. The van der Waals surface area contributed by atoms with E-state index in [4.69, 9.17) is 9.47 Å². The average molecular weight is 524 g/mol. The highest BCUT2D eigenvalue weighted by Gasteiger charge is 2.08. The number of halogens is 1. The molecule has 0 aromatic heterocycles. The molecule has 0 radical (unpaired) electrons. The van der Waals surface area contributed by atoms with Crippen molar-refractivity contribution in [2.45, 2.75) is 0 Å². The minimum Gasteiger partial charge on any atom is -0.484 e. The van der Waals surface area contributed by atoms with Gasteiger partial charge < -0.3 is 9.47 Å². The van der Waals surface area contributed by atoms with Gasteiger partial charge in [-0.3, -0.25) is 14.9 Å². The molecule has 172 valence electrons. The maximum Gasteiger partial charge on any atom is 0.336 e. The fourth-order valence-corrected chi connectivity index (χ4v) is 2.98. The second kappa shape index (κ2) is 12.1. The van der Waals surface area contributed by atoms with Gasteiger partial charge in [0.15, 0.2) is 6.61 Å². The van der Waals surface area contributed by atoms with Crippen molar-refractivity contribution in [3.63, 3.8) is 0 Å². The van der Waals surface area contributed by atoms with Gasteiger partial charge in [-0.15, -0.1) is 0 Å². The number of nitro groups is 1. The third-order valence-corrected chi connectivity index (χ3v) is 4.70. The fourth-order valence-electron chi connectivity index (χ4n) is 2.60. The van der Waals surface area contributed by atoms with Crippen molar-refractivity contribution in [1.82, 2.24) is 5.43 Å². The molecule has 3 rings (SSSR count). The average Bonchev–Trinajstić information content (AvgIpc) is 2.84. The summed E-state index contributed by atoms with van der Waals surface area (Å²) >= 11 is 3.34. The number of hydrogen-bond acceptors (Lipinski definition) is 7. The maximum atomic E-state index is 12.2. The van der Waals surface area contributed by atoms with E-state index in [2.05, 4.69) is 26.5 Å². The largest absolute Gasteiger partial charge is 0.484 e. The number of ether oxygens (including phenoxy) is 2. The molecule has 0 bridgehead atoms. The fraction of sp³-hybridized carbons (Fsp3) is 0.0417. The van der Waals surface area contributed by atoms with Crippen LogP contribution in [0, 0.1) is 10.1 Å². The van der Waals surface area contributed by atoms with Gasteiger partial charge in [-0.25, -0.2) is 10.2 Å². The predicted octanol–water partition coefficient (Wildman–Crippen LogP) is 4.51. The Morgan fingerprint density at radius 1 is 1.06 bits per heavy atom. The molecule has 0 spiro atoms. The van der Waals surface area contributed by atoms with Crippen LogP contribution in [0.2, 0.25) is 0 Å². The summed E-state index contributed by atoms with van der Waals surface area (Å²) in [6.45, 7) is -0.347. The van der Waals surface area contributed by atoms with Crippen LogP contribution in [-0.4, -0.2) is 29.6 Å². The van der Waals surface area contributed by atoms with Gasteiger partial charge in [-0.2, -0.15) is 5.10 Å². The molecule has 10 heteroatoms. The number of carbonyl (C=O) groups is 2. The smallest absolute Gasteiger partial charge is 0.336 e. The molecule has 9 nitrogen and oxygen atoms in total. The van der Waals surface area contributed by atoms with Crippen molar-refractivity contribution >= 4 is 45.8 Å². The molecule has 3 aromatic carbocycles.